The van der Waals surface area contributed by atoms with Crippen molar-refractivity contribution in [3.8, 4) is 5.75 Å². The van der Waals surface area contributed by atoms with Crippen LogP contribution in [0.4, 0.5) is 0 Å². The highest BCUT2D eigenvalue weighted by atomic mass is 16.5. The van der Waals surface area contributed by atoms with Gasteiger partial charge >= 0.3 is 0 Å². The number of fused-ring (bicyclic) bond motifs is 1. The Balaban J connectivity index is 1.81. The Kier molecular flexibility index (Phi) is 2.68. The maximum atomic E-state index is 5.88. The minimum Gasteiger partial charge on any atom is -0.490 e. The maximum Gasteiger partial charge on any atom is 0.146 e. The monoisotopic (exact) mass is 232 g/mol. The van der Waals surface area contributed by atoms with Crippen LogP contribution in [0.3, 0.4) is 0 Å². The average molecular weight is 232 g/mol. The fourth-order valence-corrected chi connectivity index (χ4v) is 2.28. The smallest absolute Gasteiger partial charge is 0.146 e. The predicted molar refractivity (Wildman–Crippen MR) is 65.0 cm³/mol. The largest absolute Gasteiger partial charge is 0.490 e. The van der Waals surface area contributed by atoms with Gasteiger partial charge in [-0.3, -0.25) is 0 Å². The topological polar surface area (TPSA) is 52.0 Å². The summed E-state index contributed by atoms with van der Waals surface area (Å²) in [5, 5.41) is 11.5. The molecule has 1 unspecified atom stereocenters. The summed E-state index contributed by atoms with van der Waals surface area (Å²) in [4.78, 5) is 0. The van der Waals surface area contributed by atoms with Gasteiger partial charge < -0.3 is 10.1 Å². The molecule has 1 aliphatic rings. The third kappa shape index (κ3) is 1.98. The number of aryl methyl sites for hydroxylation is 1. The van der Waals surface area contributed by atoms with E-state index < -0.39 is 0 Å². The van der Waals surface area contributed by atoms with Gasteiger partial charge in [0.2, 0.25) is 0 Å². The third-order valence-electron chi connectivity index (χ3n) is 3.19. The summed E-state index contributed by atoms with van der Waals surface area (Å²) < 4.78 is 7.64. The first-order chi connectivity index (χ1) is 8.34. The highest BCUT2D eigenvalue weighted by Crippen LogP contribution is 2.23. The number of nitrogens with one attached hydrogen (secondary N) is 1. The summed E-state index contributed by atoms with van der Waals surface area (Å²) in [5.74, 6) is 0.865. The second-order valence-electron chi connectivity index (χ2n) is 4.44. The summed E-state index contributed by atoms with van der Waals surface area (Å²) >= 11 is 0. The van der Waals surface area contributed by atoms with Crippen molar-refractivity contribution in [2.45, 2.75) is 18.9 Å². The molecule has 1 saturated heterocycles. The minimum atomic E-state index is 0.478. The van der Waals surface area contributed by atoms with Crippen LogP contribution in [-0.4, -0.2) is 34.2 Å². The SMILES string of the molecule is Cn1nnc2cccc(OCC3CCCN3)c21. The predicted octanol–water partition coefficient (Wildman–Crippen LogP) is 1.10. The highest BCUT2D eigenvalue weighted by molar-refractivity contribution is 5.80. The molecule has 0 radical (unpaired) electrons. The molecule has 3 rings (SSSR count). The van der Waals surface area contributed by atoms with Gasteiger partial charge in [-0.1, -0.05) is 11.3 Å². The van der Waals surface area contributed by atoms with Crippen LogP contribution in [0, 0.1) is 0 Å². The van der Waals surface area contributed by atoms with Gasteiger partial charge in [-0.05, 0) is 31.5 Å². The van der Waals surface area contributed by atoms with Crippen molar-refractivity contribution in [2.75, 3.05) is 13.2 Å². The third-order valence-corrected chi connectivity index (χ3v) is 3.19. The number of nitrogens with zero attached hydrogens (tertiary/aromatic N) is 3. The van der Waals surface area contributed by atoms with E-state index in [1.165, 1.54) is 12.8 Å². The molecular weight excluding hydrogens is 216 g/mol. The Hall–Kier alpha value is -1.62. The number of rotatable bonds is 3. The zero-order valence-electron chi connectivity index (χ0n) is 9.89. The molecule has 1 aromatic carbocycles. The number of ether oxygens (including phenoxy) is 1. The van der Waals surface area contributed by atoms with E-state index in [0.29, 0.717) is 12.6 Å². The molecule has 0 saturated carbocycles. The van der Waals surface area contributed by atoms with Crippen molar-refractivity contribution < 1.29 is 4.74 Å². The lowest BCUT2D eigenvalue weighted by molar-refractivity contribution is 0.279. The molecule has 5 nitrogen and oxygen atoms in total. The van der Waals surface area contributed by atoms with Crippen LogP contribution in [0.1, 0.15) is 12.8 Å². The first kappa shape index (κ1) is 10.5. The maximum absolute atomic E-state index is 5.88. The molecule has 2 aromatic rings. The number of benzene rings is 1. The average Bonchev–Trinajstić information content (AvgIpc) is 2.97. The Morgan fingerprint density at radius 3 is 3.29 bits per heavy atom. The first-order valence-electron chi connectivity index (χ1n) is 5.99. The molecule has 0 spiro atoms. The molecule has 1 aromatic heterocycles. The molecule has 1 atom stereocenters. The van der Waals surface area contributed by atoms with Gasteiger partial charge in [-0.15, -0.1) is 5.10 Å². The van der Waals surface area contributed by atoms with Crippen molar-refractivity contribution in [3.63, 3.8) is 0 Å². The normalized spacial score (nSPS) is 19.9. The van der Waals surface area contributed by atoms with Gasteiger partial charge in [-0.2, -0.15) is 0 Å². The van der Waals surface area contributed by atoms with Crippen molar-refractivity contribution in [1.82, 2.24) is 20.3 Å². The van der Waals surface area contributed by atoms with E-state index >= 15 is 0 Å². The van der Waals surface area contributed by atoms with E-state index in [1.807, 2.05) is 25.2 Å². The Morgan fingerprint density at radius 2 is 2.47 bits per heavy atom. The summed E-state index contributed by atoms with van der Waals surface area (Å²) in [6.07, 6.45) is 2.44. The zero-order valence-corrected chi connectivity index (χ0v) is 9.89. The van der Waals surface area contributed by atoms with Gasteiger partial charge in [0, 0.05) is 13.1 Å². The van der Waals surface area contributed by atoms with Crippen LogP contribution in [-0.2, 0) is 7.05 Å². The van der Waals surface area contributed by atoms with Crippen LogP contribution < -0.4 is 10.1 Å². The van der Waals surface area contributed by atoms with Crippen LogP contribution in [0.25, 0.3) is 11.0 Å². The van der Waals surface area contributed by atoms with Crippen LogP contribution in [0.5, 0.6) is 5.75 Å². The second kappa shape index (κ2) is 4.33. The van der Waals surface area contributed by atoms with Crippen molar-refractivity contribution in [1.29, 1.82) is 0 Å². The molecule has 17 heavy (non-hydrogen) atoms. The summed E-state index contributed by atoms with van der Waals surface area (Å²) in [6, 6.07) is 6.35. The molecule has 1 fully saturated rings. The van der Waals surface area contributed by atoms with Crippen molar-refractivity contribution in [2.24, 2.45) is 7.05 Å². The van der Waals surface area contributed by atoms with E-state index in [9.17, 15) is 0 Å². The molecule has 90 valence electrons. The minimum absolute atomic E-state index is 0.478. The van der Waals surface area contributed by atoms with Crippen LogP contribution in [0.15, 0.2) is 18.2 Å². The zero-order chi connectivity index (χ0) is 11.7. The number of aromatic nitrogens is 3. The number of hydrogen-bond acceptors (Lipinski definition) is 4. The molecule has 0 amide bonds. The van der Waals surface area contributed by atoms with Gasteiger partial charge in [0.25, 0.3) is 0 Å². The highest BCUT2D eigenvalue weighted by Gasteiger charge is 2.15. The molecule has 1 N–H and O–H groups in total. The second-order valence-corrected chi connectivity index (χ2v) is 4.44. The Bertz CT molecular complexity index is 516. The van der Waals surface area contributed by atoms with Crippen molar-refractivity contribution in [3.05, 3.63) is 18.2 Å². The molecular formula is C12H16N4O. The van der Waals surface area contributed by atoms with E-state index in [2.05, 4.69) is 15.6 Å². The molecule has 2 heterocycles. The van der Waals surface area contributed by atoms with Crippen LogP contribution in [0.2, 0.25) is 0 Å². The van der Waals surface area contributed by atoms with Gasteiger partial charge in [0.1, 0.15) is 23.4 Å². The van der Waals surface area contributed by atoms with Crippen LogP contribution >= 0.6 is 0 Å². The number of hydrogen-bond donors (Lipinski definition) is 1. The molecule has 0 aliphatic carbocycles. The lowest BCUT2D eigenvalue weighted by atomic mass is 10.2. The van der Waals surface area contributed by atoms with Gasteiger partial charge in [-0.25, -0.2) is 4.68 Å². The Morgan fingerprint density at radius 1 is 1.53 bits per heavy atom. The fraction of sp³-hybridized carbons (Fsp3) is 0.500. The van der Waals surface area contributed by atoms with Gasteiger partial charge in [0.15, 0.2) is 0 Å². The summed E-state index contributed by atoms with van der Waals surface area (Å²) in [6.45, 7) is 1.82. The van der Waals surface area contributed by atoms with E-state index in [4.69, 9.17) is 4.74 Å². The van der Waals surface area contributed by atoms with E-state index in [1.54, 1.807) is 4.68 Å². The van der Waals surface area contributed by atoms with E-state index in [-0.39, 0.29) is 0 Å². The lowest BCUT2D eigenvalue weighted by Crippen LogP contribution is -2.28. The summed E-state index contributed by atoms with van der Waals surface area (Å²) in [5.41, 5.74) is 1.84. The first-order valence-corrected chi connectivity index (χ1v) is 5.99. The Labute approximate surface area is 99.8 Å². The standard InChI is InChI=1S/C12H16N4O/c1-16-12-10(14-15-16)5-2-6-11(12)17-8-9-4-3-7-13-9/h2,5-6,9,13H,3-4,7-8H2,1H3. The van der Waals surface area contributed by atoms with Crippen molar-refractivity contribution >= 4 is 11.0 Å². The summed E-state index contributed by atoms with van der Waals surface area (Å²) in [7, 11) is 1.88. The molecule has 1 aliphatic heterocycles. The van der Waals surface area contributed by atoms with E-state index in [0.717, 1.165) is 23.3 Å². The number of para-hydroxylation sites is 1. The van der Waals surface area contributed by atoms with Gasteiger partial charge in [0.05, 0.1) is 0 Å². The fourth-order valence-electron chi connectivity index (χ4n) is 2.28. The quantitative estimate of drug-likeness (QED) is 0.861. The molecule has 5 heteroatoms. The lowest BCUT2D eigenvalue weighted by Gasteiger charge is -2.12. The molecule has 0 bridgehead atoms.